The molecule has 5 heteroatoms. The molecule has 0 bridgehead atoms. The van der Waals surface area contributed by atoms with E-state index in [1.807, 2.05) is 23.1 Å². The normalized spacial score (nSPS) is 22.1. The summed E-state index contributed by atoms with van der Waals surface area (Å²) in [6, 6.07) is 6.29. The van der Waals surface area contributed by atoms with Crippen molar-refractivity contribution in [3.8, 4) is 0 Å². The van der Waals surface area contributed by atoms with Crippen molar-refractivity contribution in [2.45, 2.75) is 57.5 Å². The lowest BCUT2D eigenvalue weighted by atomic mass is 9.94. The van der Waals surface area contributed by atoms with Crippen LogP contribution in [0.1, 0.15) is 50.6 Å². The summed E-state index contributed by atoms with van der Waals surface area (Å²) in [6.45, 7) is 2.94. The van der Waals surface area contributed by atoms with E-state index in [-0.39, 0.29) is 6.03 Å². The molecule has 0 unspecified atom stereocenters. The Morgan fingerprint density at radius 2 is 2.08 bits per heavy atom. The third-order valence-electron chi connectivity index (χ3n) is 5.13. The van der Waals surface area contributed by atoms with E-state index in [0.717, 1.165) is 44.6 Å². The second kappa shape index (κ2) is 9.02. The largest absolute Gasteiger partial charge is 0.381 e. The Balaban J connectivity index is 1.60. The maximum Gasteiger partial charge on any atom is 0.318 e. The molecule has 5 nitrogen and oxygen atoms in total. The first-order valence-corrected chi connectivity index (χ1v) is 9.35. The van der Waals surface area contributed by atoms with Crippen molar-refractivity contribution in [3.05, 3.63) is 30.1 Å². The summed E-state index contributed by atoms with van der Waals surface area (Å²) in [4.78, 5) is 19.2. The zero-order valence-electron chi connectivity index (χ0n) is 14.5. The highest BCUT2D eigenvalue weighted by Crippen LogP contribution is 2.24. The number of hydrogen-bond acceptors (Lipinski definition) is 3. The lowest BCUT2D eigenvalue weighted by Crippen LogP contribution is -2.48. The smallest absolute Gasteiger partial charge is 0.318 e. The molecule has 24 heavy (non-hydrogen) atoms. The van der Waals surface area contributed by atoms with Crippen LogP contribution in [0, 0.1) is 5.92 Å². The predicted molar refractivity (Wildman–Crippen MR) is 93.6 cm³/mol. The molecule has 0 spiro atoms. The second-order valence-corrected chi connectivity index (χ2v) is 7.01. The maximum atomic E-state index is 12.8. The van der Waals surface area contributed by atoms with E-state index >= 15 is 0 Å². The van der Waals surface area contributed by atoms with Crippen LogP contribution >= 0.6 is 0 Å². The van der Waals surface area contributed by atoms with Crippen LogP contribution in [0.2, 0.25) is 0 Å². The zero-order chi connectivity index (χ0) is 16.6. The van der Waals surface area contributed by atoms with Gasteiger partial charge in [0.25, 0.3) is 0 Å². The van der Waals surface area contributed by atoms with Gasteiger partial charge in [0.1, 0.15) is 0 Å². The summed E-state index contributed by atoms with van der Waals surface area (Å²) in [6.07, 6.45) is 9.96. The van der Waals surface area contributed by atoms with Crippen LogP contribution in [0.5, 0.6) is 0 Å². The van der Waals surface area contributed by atoms with Gasteiger partial charge in [-0.15, -0.1) is 0 Å². The minimum absolute atomic E-state index is 0.0538. The summed E-state index contributed by atoms with van der Waals surface area (Å²) in [5, 5.41) is 3.15. The standard InChI is InChI=1S/C19H29N3O2/c23-19(21-13-16-7-6-12-24-15-16)22(18-9-2-1-3-10-18)14-17-8-4-5-11-20-17/h4-5,8,11,16,18H,1-3,6-7,9-10,12-15H2,(H,21,23)/t16-/m1/s1. The Kier molecular flexibility index (Phi) is 6.47. The first-order chi connectivity index (χ1) is 11.8. The number of pyridine rings is 1. The molecule has 1 saturated heterocycles. The van der Waals surface area contributed by atoms with Crippen molar-refractivity contribution < 1.29 is 9.53 Å². The lowest BCUT2D eigenvalue weighted by molar-refractivity contribution is 0.0545. The molecule has 2 amide bonds. The number of carbonyl (C=O) groups is 1. The van der Waals surface area contributed by atoms with Crippen LogP contribution in [0.4, 0.5) is 4.79 Å². The van der Waals surface area contributed by atoms with E-state index < -0.39 is 0 Å². The van der Waals surface area contributed by atoms with Crippen molar-refractivity contribution in [1.82, 2.24) is 15.2 Å². The average molecular weight is 331 g/mol. The summed E-state index contributed by atoms with van der Waals surface area (Å²) in [7, 11) is 0. The summed E-state index contributed by atoms with van der Waals surface area (Å²) < 4.78 is 5.51. The first-order valence-electron chi connectivity index (χ1n) is 9.35. The maximum absolute atomic E-state index is 12.8. The van der Waals surface area contributed by atoms with E-state index in [1.54, 1.807) is 6.20 Å². The average Bonchev–Trinajstić information content (AvgIpc) is 2.66. The number of ether oxygens (including phenoxy) is 1. The Labute approximate surface area is 144 Å². The topological polar surface area (TPSA) is 54.5 Å². The van der Waals surface area contributed by atoms with Crippen molar-refractivity contribution in [3.63, 3.8) is 0 Å². The zero-order valence-corrected chi connectivity index (χ0v) is 14.5. The van der Waals surface area contributed by atoms with Gasteiger partial charge in [0.2, 0.25) is 0 Å². The van der Waals surface area contributed by atoms with Gasteiger partial charge in [0, 0.05) is 25.4 Å². The van der Waals surface area contributed by atoms with Crippen molar-refractivity contribution >= 4 is 6.03 Å². The highest BCUT2D eigenvalue weighted by molar-refractivity contribution is 5.74. The molecule has 1 aliphatic heterocycles. The Hall–Kier alpha value is -1.62. The number of urea groups is 1. The van der Waals surface area contributed by atoms with Crippen molar-refractivity contribution in [2.75, 3.05) is 19.8 Å². The fraction of sp³-hybridized carbons (Fsp3) is 0.684. The number of rotatable bonds is 5. The Bertz CT molecular complexity index is 497. The van der Waals surface area contributed by atoms with Gasteiger partial charge in [-0.25, -0.2) is 4.79 Å². The molecule has 132 valence electrons. The highest BCUT2D eigenvalue weighted by Gasteiger charge is 2.26. The molecule has 1 N–H and O–H groups in total. The van der Waals surface area contributed by atoms with E-state index in [0.29, 0.717) is 25.0 Å². The Morgan fingerprint density at radius 3 is 2.79 bits per heavy atom. The number of hydrogen-bond donors (Lipinski definition) is 1. The van der Waals surface area contributed by atoms with Gasteiger partial charge in [-0.1, -0.05) is 25.3 Å². The number of nitrogens with zero attached hydrogens (tertiary/aromatic N) is 2. The van der Waals surface area contributed by atoms with Crippen LogP contribution in [0.25, 0.3) is 0 Å². The van der Waals surface area contributed by atoms with Gasteiger partial charge < -0.3 is 15.0 Å². The molecule has 1 aromatic heterocycles. The van der Waals surface area contributed by atoms with E-state index in [1.165, 1.54) is 19.3 Å². The van der Waals surface area contributed by atoms with Gasteiger partial charge in [-0.2, -0.15) is 0 Å². The second-order valence-electron chi connectivity index (χ2n) is 7.01. The molecule has 2 heterocycles. The minimum atomic E-state index is 0.0538. The van der Waals surface area contributed by atoms with Gasteiger partial charge in [-0.3, -0.25) is 4.98 Å². The van der Waals surface area contributed by atoms with Gasteiger partial charge in [0.15, 0.2) is 0 Å². The van der Waals surface area contributed by atoms with Crippen LogP contribution in [-0.4, -0.2) is 41.7 Å². The molecular weight excluding hydrogens is 302 g/mol. The van der Waals surface area contributed by atoms with Crippen LogP contribution in [0.3, 0.4) is 0 Å². The van der Waals surface area contributed by atoms with Gasteiger partial charge in [-0.05, 0) is 43.7 Å². The molecule has 3 rings (SSSR count). The third kappa shape index (κ3) is 4.94. The summed E-state index contributed by atoms with van der Waals surface area (Å²) in [5.74, 6) is 0.450. The number of nitrogens with one attached hydrogen (secondary N) is 1. The molecule has 0 radical (unpaired) electrons. The Morgan fingerprint density at radius 1 is 1.21 bits per heavy atom. The molecule has 2 aliphatic rings. The summed E-state index contributed by atoms with van der Waals surface area (Å²) >= 11 is 0. The first kappa shape index (κ1) is 17.2. The van der Waals surface area contributed by atoms with E-state index in [4.69, 9.17) is 4.74 Å². The number of amides is 2. The van der Waals surface area contributed by atoms with Crippen LogP contribution in [0.15, 0.2) is 24.4 Å². The number of aromatic nitrogens is 1. The monoisotopic (exact) mass is 331 g/mol. The molecule has 0 aromatic carbocycles. The molecule has 2 fully saturated rings. The SMILES string of the molecule is O=C(NC[C@H]1CCCOC1)N(Cc1ccccn1)C1CCCCC1. The van der Waals surface area contributed by atoms with E-state index in [9.17, 15) is 4.79 Å². The number of carbonyl (C=O) groups excluding carboxylic acids is 1. The van der Waals surface area contributed by atoms with Gasteiger partial charge in [0.05, 0.1) is 18.8 Å². The fourth-order valence-corrected chi connectivity index (χ4v) is 3.73. The van der Waals surface area contributed by atoms with Crippen LogP contribution < -0.4 is 5.32 Å². The lowest BCUT2D eigenvalue weighted by Gasteiger charge is -2.35. The highest BCUT2D eigenvalue weighted by atomic mass is 16.5. The fourth-order valence-electron chi connectivity index (χ4n) is 3.73. The molecule has 1 aromatic rings. The molecule has 1 aliphatic carbocycles. The van der Waals surface area contributed by atoms with Crippen molar-refractivity contribution in [1.29, 1.82) is 0 Å². The predicted octanol–water partition coefficient (Wildman–Crippen LogP) is 3.35. The van der Waals surface area contributed by atoms with Gasteiger partial charge >= 0.3 is 6.03 Å². The van der Waals surface area contributed by atoms with Crippen LogP contribution in [-0.2, 0) is 11.3 Å². The van der Waals surface area contributed by atoms with Crippen molar-refractivity contribution in [2.24, 2.45) is 5.92 Å². The summed E-state index contributed by atoms with van der Waals surface area (Å²) in [5.41, 5.74) is 0.958. The van der Waals surface area contributed by atoms with E-state index in [2.05, 4.69) is 10.3 Å². The third-order valence-corrected chi connectivity index (χ3v) is 5.13. The minimum Gasteiger partial charge on any atom is -0.381 e. The molecule has 1 saturated carbocycles. The molecule has 1 atom stereocenters. The molecular formula is C19H29N3O2. The quantitative estimate of drug-likeness (QED) is 0.900.